The maximum Gasteiger partial charge on any atom is 0.350 e. The highest BCUT2D eigenvalue weighted by Crippen LogP contribution is 2.36. The highest BCUT2D eigenvalue weighted by Gasteiger charge is 2.55. The van der Waals surface area contributed by atoms with Gasteiger partial charge in [-0.3, -0.25) is 0 Å². The van der Waals surface area contributed by atoms with Gasteiger partial charge in [-0.15, -0.1) is 0 Å². The molecule has 1 saturated carbocycles. The zero-order chi connectivity index (χ0) is 13.6. The molecule has 0 spiro atoms. The molecular weight excluding hydrogens is 236 g/mol. The first kappa shape index (κ1) is 15.0. The van der Waals surface area contributed by atoms with Crippen LogP contribution < -0.4 is 0 Å². The summed E-state index contributed by atoms with van der Waals surface area (Å²) >= 11 is 0. The van der Waals surface area contributed by atoms with Gasteiger partial charge in [0.25, 0.3) is 5.60 Å². The molecule has 1 N–H and O–H groups in total. The first-order valence-electron chi connectivity index (χ1n) is 6.64. The van der Waals surface area contributed by atoms with Gasteiger partial charge in [-0.2, -0.15) is 0 Å². The van der Waals surface area contributed by atoms with E-state index in [0.717, 1.165) is 19.3 Å². The van der Waals surface area contributed by atoms with Gasteiger partial charge < -0.3 is 14.6 Å². The first-order chi connectivity index (χ1) is 8.59. The van der Waals surface area contributed by atoms with Crippen molar-refractivity contribution in [2.75, 3.05) is 13.2 Å². The summed E-state index contributed by atoms with van der Waals surface area (Å²) < 4.78 is 10.3. The molecule has 0 aliphatic heterocycles. The molecular formula is C13H22O5. The lowest BCUT2D eigenvalue weighted by molar-refractivity contribution is -0.197. The fraction of sp³-hybridized carbons (Fsp3) is 0.846. The minimum Gasteiger partial charge on any atom is -0.479 e. The van der Waals surface area contributed by atoms with Crippen LogP contribution in [0.2, 0.25) is 0 Å². The Bertz CT molecular complexity index is 296. The van der Waals surface area contributed by atoms with Crippen LogP contribution in [-0.2, 0) is 19.1 Å². The lowest BCUT2D eigenvalue weighted by atomic mass is 9.76. The number of ether oxygens (including phenoxy) is 2. The van der Waals surface area contributed by atoms with Crippen LogP contribution in [0.3, 0.4) is 0 Å². The summed E-state index contributed by atoms with van der Waals surface area (Å²) in [4.78, 5) is 23.7. The van der Waals surface area contributed by atoms with Gasteiger partial charge in [0.1, 0.15) is 0 Å². The Balaban J connectivity index is 3.02. The van der Waals surface area contributed by atoms with E-state index in [0.29, 0.717) is 12.8 Å². The van der Waals surface area contributed by atoms with E-state index >= 15 is 0 Å². The van der Waals surface area contributed by atoms with Gasteiger partial charge in [0.15, 0.2) is 0 Å². The van der Waals surface area contributed by atoms with Crippen LogP contribution in [0.4, 0.5) is 0 Å². The average Bonchev–Trinajstić information content (AvgIpc) is 2.36. The van der Waals surface area contributed by atoms with E-state index in [-0.39, 0.29) is 19.1 Å². The summed E-state index contributed by atoms with van der Waals surface area (Å²) in [7, 11) is 0. The van der Waals surface area contributed by atoms with E-state index in [4.69, 9.17) is 9.47 Å². The maximum atomic E-state index is 12.1. The van der Waals surface area contributed by atoms with E-state index in [9.17, 15) is 14.7 Å². The minimum absolute atomic E-state index is 0.160. The second-order valence-corrected chi connectivity index (χ2v) is 4.53. The lowest BCUT2D eigenvalue weighted by Gasteiger charge is -2.36. The van der Waals surface area contributed by atoms with Crippen LogP contribution >= 0.6 is 0 Å². The van der Waals surface area contributed by atoms with E-state index in [2.05, 4.69) is 0 Å². The number of rotatable bonds is 6. The maximum absolute atomic E-state index is 12.1. The molecule has 1 fully saturated rings. The van der Waals surface area contributed by atoms with Crippen molar-refractivity contribution in [3.8, 4) is 0 Å². The summed E-state index contributed by atoms with van der Waals surface area (Å²) in [5.41, 5.74) is -1.81. The Hall–Kier alpha value is -1.10. The number of carbonyl (C=O) groups is 2. The number of aliphatic carboxylic acids is 1. The quantitative estimate of drug-likeness (QED) is 0.582. The number of esters is 1. The molecule has 1 unspecified atom stereocenters. The predicted octanol–water partition coefficient (Wildman–Crippen LogP) is 1.99. The SMILES string of the molecule is CCOC(=O)C(OCC)(C(=O)O)C1CCCCC1. The van der Waals surface area contributed by atoms with E-state index in [1.807, 2.05) is 0 Å². The summed E-state index contributed by atoms with van der Waals surface area (Å²) in [5, 5.41) is 9.48. The highest BCUT2D eigenvalue weighted by atomic mass is 16.6. The molecule has 5 heteroatoms. The van der Waals surface area contributed by atoms with Crippen LogP contribution in [-0.4, -0.2) is 35.9 Å². The molecule has 104 valence electrons. The number of hydrogen-bond donors (Lipinski definition) is 1. The van der Waals surface area contributed by atoms with Crippen molar-refractivity contribution >= 4 is 11.9 Å². The van der Waals surface area contributed by atoms with Gasteiger partial charge in [0.05, 0.1) is 6.61 Å². The molecule has 1 aliphatic carbocycles. The fourth-order valence-electron chi connectivity index (χ4n) is 2.64. The second-order valence-electron chi connectivity index (χ2n) is 4.53. The van der Waals surface area contributed by atoms with Crippen molar-refractivity contribution in [1.29, 1.82) is 0 Å². The zero-order valence-electron chi connectivity index (χ0n) is 11.1. The number of carboxylic acids is 1. The molecule has 0 aromatic carbocycles. The van der Waals surface area contributed by atoms with E-state index in [1.54, 1.807) is 13.8 Å². The van der Waals surface area contributed by atoms with E-state index in [1.165, 1.54) is 0 Å². The Morgan fingerprint density at radius 2 is 1.78 bits per heavy atom. The number of carboxylic acid groups (broad SMARTS) is 1. The van der Waals surface area contributed by atoms with Crippen molar-refractivity contribution < 1.29 is 24.2 Å². The third kappa shape index (κ3) is 2.83. The van der Waals surface area contributed by atoms with Crippen molar-refractivity contribution in [2.24, 2.45) is 5.92 Å². The molecule has 0 saturated heterocycles. The zero-order valence-corrected chi connectivity index (χ0v) is 11.1. The molecule has 5 nitrogen and oxygen atoms in total. The Kier molecular flexibility index (Phi) is 5.59. The standard InChI is InChI=1S/C13H22O5/c1-3-17-12(16)13(11(14)15,18-4-2)10-8-6-5-7-9-10/h10H,3-9H2,1-2H3,(H,14,15). The molecule has 1 rings (SSSR count). The highest BCUT2D eigenvalue weighted by molar-refractivity contribution is 6.03. The van der Waals surface area contributed by atoms with Crippen molar-refractivity contribution in [2.45, 2.75) is 51.6 Å². The third-order valence-corrected chi connectivity index (χ3v) is 3.45. The first-order valence-corrected chi connectivity index (χ1v) is 6.64. The largest absolute Gasteiger partial charge is 0.479 e. The van der Waals surface area contributed by atoms with Crippen LogP contribution in [0.15, 0.2) is 0 Å². The summed E-state index contributed by atoms with van der Waals surface area (Å²) in [6, 6.07) is 0. The Labute approximate surface area is 107 Å². The summed E-state index contributed by atoms with van der Waals surface area (Å²) in [5.74, 6) is -2.27. The fourth-order valence-corrected chi connectivity index (χ4v) is 2.64. The molecule has 1 aliphatic rings. The molecule has 0 heterocycles. The molecule has 0 aromatic heterocycles. The van der Waals surface area contributed by atoms with Crippen LogP contribution in [0.25, 0.3) is 0 Å². The van der Waals surface area contributed by atoms with E-state index < -0.39 is 17.5 Å². The number of hydrogen-bond acceptors (Lipinski definition) is 4. The van der Waals surface area contributed by atoms with Gasteiger partial charge in [-0.05, 0) is 26.7 Å². The smallest absolute Gasteiger partial charge is 0.350 e. The van der Waals surface area contributed by atoms with Crippen LogP contribution in [0.1, 0.15) is 46.0 Å². The molecule has 1 atom stereocenters. The Morgan fingerprint density at radius 1 is 1.17 bits per heavy atom. The number of carbonyl (C=O) groups excluding carboxylic acids is 1. The van der Waals surface area contributed by atoms with Gasteiger partial charge in [-0.25, -0.2) is 9.59 Å². The summed E-state index contributed by atoms with van der Waals surface area (Å²) in [6.07, 6.45) is 4.36. The monoisotopic (exact) mass is 258 g/mol. The molecule has 0 amide bonds. The lowest BCUT2D eigenvalue weighted by Crippen LogP contribution is -2.56. The van der Waals surface area contributed by atoms with Crippen molar-refractivity contribution in [1.82, 2.24) is 0 Å². The molecule has 0 radical (unpaired) electrons. The normalized spacial score (nSPS) is 20.1. The van der Waals surface area contributed by atoms with Gasteiger partial charge in [-0.1, -0.05) is 19.3 Å². The van der Waals surface area contributed by atoms with Crippen LogP contribution in [0.5, 0.6) is 0 Å². The predicted molar refractivity (Wildman–Crippen MR) is 65.2 cm³/mol. The van der Waals surface area contributed by atoms with Gasteiger partial charge in [0.2, 0.25) is 0 Å². The molecule has 0 aromatic rings. The minimum atomic E-state index is -1.81. The second kappa shape index (κ2) is 6.73. The van der Waals surface area contributed by atoms with Crippen molar-refractivity contribution in [3.05, 3.63) is 0 Å². The van der Waals surface area contributed by atoms with Gasteiger partial charge >= 0.3 is 11.9 Å². The topological polar surface area (TPSA) is 72.8 Å². The average molecular weight is 258 g/mol. The van der Waals surface area contributed by atoms with Crippen molar-refractivity contribution in [3.63, 3.8) is 0 Å². The van der Waals surface area contributed by atoms with Gasteiger partial charge in [0, 0.05) is 12.5 Å². The third-order valence-electron chi connectivity index (χ3n) is 3.45. The Morgan fingerprint density at radius 3 is 2.22 bits per heavy atom. The summed E-state index contributed by atoms with van der Waals surface area (Å²) in [6.45, 7) is 3.70. The molecule has 18 heavy (non-hydrogen) atoms. The molecule has 0 bridgehead atoms. The van der Waals surface area contributed by atoms with Crippen LogP contribution in [0, 0.1) is 5.92 Å².